The number of methoxy groups -OCH3 is 3. The lowest BCUT2D eigenvalue weighted by molar-refractivity contribution is -0.914. The van der Waals surface area contributed by atoms with E-state index < -0.39 is 0 Å². The van der Waals surface area contributed by atoms with Crippen LogP contribution >= 0.6 is 0 Å². The Balaban J connectivity index is 1.69. The molecule has 1 heterocycles. The average molecular weight is 372 g/mol. The van der Waals surface area contributed by atoms with Gasteiger partial charge in [-0.25, -0.2) is 0 Å². The molecule has 0 radical (unpaired) electrons. The fourth-order valence-electron chi connectivity index (χ4n) is 3.80. The molecule has 0 aliphatic carbocycles. The first kappa shape index (κ1) is 19.4. The largest absolute Gasteiger partial charge is 0.496 e. The van der Waals surface area contributed by atoms with E-state index in [9.17, 15) is 0 Å². The Bertz CT molecular complexity index is 783. The van der Waals surface area contributed by atoms with Gasteiger partial charge in [0.15, 0.2) is 11.5 Å². The van der Waals surface area contributed by atoms with Gasteiger partial charge in [0.25, 0.3) is 0 Å². The number of anilines is 1. The van der Waals surface area contributed by atoms with Crippen molar-refractivity contribution < 1.29 is 19.1 Å². The first-order chi connectivity index (χ1) is 13.0. The second kappa shape index (κ2) is 8.53. The summed E-state index contributed by atoms with van der Waals surface area (Å²) in [6.07, 6.45) is 0. The minimum Gasteiger partial charge on any atom is -0.496 e. The molecule has 0 spiro atoms. The third-order valence-electron chi connectivity index (χ3n) is 5.40. The van der Waals surface area contributed by atoms with Crippen molar-refractivity contribution in [3.05, 3.63) is 47.0 Å². The van der Waals surface area contributed by atoms with Gasteiger partial charge in [0, 0.05) is 11.8 Å². The van der Waals surface area contributed by atoms with Crippen LogP contribution in [0.4, 0.5) is 5.69 Å². The normalized spacial score (nSPS) is 14.9. The molecular weight excluding hydrogens is 340 g/mol. The highest BCUT2D eigenvalue weighted by molar-refractivity contribution is 5.55. The molecule has 1 aliphatic rings. The molecule has 5 nitrogen and oxygen atoms in total. The van der Waals surface area contributed by atoms with Crippen molar-refractivity contribution in [3.63, 3.8) is 0 Å². The fourth-order valence-corrected chi connectivity index (χ4v) is 3.80. The minimum absolute atomic E-state index is 0.702. The lowest BCUT2D eigenvalue weighted by Crippen LogP contribution is -3.13. The summed E-state index contributed by atoms with van der Waals surface area (Å²) in [4.78, 5) is 4.07. The van der Waals surface area contributed by atoms with Crippen molar-refractivity contribution in [2.45, 2.75) is 20.4 Å². The summed E-state index contributed by atoms with van der Waals surface area (Å²) in [7, 11) is 5.02. The molecule has 3 rings (SSSR count). The third kappa shape index (κ3) is 4.30. The van der Waals surface area contributed by atoms with Crippen LogP contribution in [0.5, 0.6) is 17.2 Å². The topological polar surface area (TPSA) is 35.4 Å². The number of hydrogen-bond donors (Lipinski definition) is 1. The molecular formula is C22H31N2O3+. The van der Waals surface area contributed by atoms with Crippen LogP contribution in [0.15, 0.2) is 30.3 Å². The van der Waals surface area contributed by atoms with Crippen molar-refractivity contribution in [1.29, 1.82) is 0 Å². The summed E-state index contributed by atoms with van der Waals surface area (Å²) in [6.45, 7) is 9.61. The van der Waals surface area contributed by atoms with Crippen LogP contribution in [-0.2, 0) is 6.54 Å². The Kier molecular flexibility index (Phi) is 6.11. The zero-order valence-electron chi connectivity index (χ0n) is 17.1. The predicted molar refractivity (Wildman–Crippen MR) is 109 cm³/mol. The van der Waals surface area contributed by atoms with E-state index in [-0.39, 0.29) is 0 Å². The zero-order valence-corrected chi connectivity index (χ0v) is 17.1. The monoisotopic (exact) mass is 371 g/mol. The molecule has 0 saturated carbocycles. The maximum absolute atomic E-state index is 5.59. The third-order valence-corrected chi connectivity index (χ3v) is 5.40. The number of rotatable bonds is 6. The SMILES string of the molecule is COc1cc(OC)c(OC)cc1C[NH+]1CCN(c2cc(C)ccc2C)CC1. The second-order valence-corrected chi connectivity index (χ2v) is 7.22. The van der Waals surface area contributed by atoms with Crippen molar-refractivity contribution in [2.75, 3.05) is 52.4 Å². The highest BCUT2D eigenvalue weighted by Gasteiger charge is 2.23. The summed E-state index contributed by atoms with van der Waals surface area (Å²) in [5, 5.41) is 0. The first-order valence-corrected chi connectivity index (χ1v) is 9.50. The Morgan fingerprint density at radius 1 is 0.852 bits per heavy atom. The van der Waals surface area contributed by atoms with E-state index in [1.54, 1.807) is 26.2 Å². The quantitative estimate of drug-likeness (QED) is 0.845. The standard InChI is InChI=1S/C22H30N2O3/c1-16-6-7-17(2)19(12-16)24-10-8-23(9-11-24)15-18-13-21(26-4)22(27-5)14-20(18)25-3/h6-7,12-14H,8-11,15H2,1-5H3/p+1. The van der Waals surface area contributed by atoms with E-state index in [0.29, 0.717) is 5.75 Å². The zero-order chi connectivity index (χ0) is 19.4. The molecule has 1 saturated heterocycles. The second-order valence-electron chi connectivity index (χ2n) is 7.22. The van der Waals surface area contributed by atoms with Crippen molar-refractivity contribution in [3.8, 4) is 17.2 Å². The Labute approximate surface area is 162 Å². The van der Waals surface area contributed by atoms with E-state index in [2.05, 4.69) is 36.9 Å². The summed E-state index contributed by atoms with van der Waals surface area (Å²) >= 11 is 0. The molecule has 146 valence electrons. The number of benzene rings is 2. The number of hydrogen-bond acceptors (Lipinski definition) is 4. The van der Waals surface area contributed by atoms with Crippen LogP contribution in [0.2, 0.25) is 0 Å². The van der Waals surface area contributed by atoms with Crippen LogP contribution in [0, 0.1) is 13.8 Å². The fraction of sp³-hybridized carbons (Fsp3) is 0.455. The minimum atomic E-state index is 0.702. The molecule has 5 heteroatoms. The number of piperazine rings is 1. The molecule has 1 N–H and O–H groups in total. The van der Waals surface area contributed by atoms with E-state index in [4.69, 9.17) is 14.2 Å². The van der Waals surface area contributed by atoms with Gasteiger partial charge < -0.3 is 24.0 Å². The Hall–Kier alpha value is -2.40. The molecule has 0 aromatic heterocycles. The molecule has 2 aromatic rings. The molecule has 1 aliphatic heterocycles. The van der Waals surface area contributed by atoms with Gasteiger partial charge in [0.1, 0.15) is 12.3 Å². The molecule has 2 aromatic carbocycles. The van der Waals surface area contributed by atoms with Crippen LogP contribution in [-0.4, -0.2) is 47.5 Å². The molecule has 0 amide bonds. The van der Waals surface area contributed by atoms with Gasteiger partial charge in [-0.15, -0.1) is 0 Å². The molecule has 1 fully saturated rings. The maximum atomic E-state index is 5.59. The highest BCUT2D eigenvalue weighted by Crippen LogP contribution is 2.34. The van der Waals surface area contributed by atoms with Gasteiger partial charge in [-0.2, -0.15) is 0 Å². The molecule has 0 atom stereocenters. The molecule has 0 bridgehead atoms. The van der Waals surface area contributed by atoms with Gasteiger partial charge >= 0.3 is 0 Å². The van der Waals surface area contributed by atoms with Gasteiger partial charge in [-0.1, -0.05) is 12.1 Å². The van der Waals surface area contributed by atoms with Gasteiger partial charge in [-0.05, 0) is 37.1 Å². The Morgan fingerprint density at radius 2 is 1.48 bits per heavy atom. The number of aryl methyl sites for hydroxylation is 2. The van der Waals surface area contributed by atoms with Gasteiger partial charge in [-0.3, -0.25) is 0 Å². The lowest BCUT2D eigenvalue weighted by Gasteiger charge is -2.35. The number of nitrogens with one attached hydrogen (secondary N) is 1. The van der Waals surface area contributed by atoms with E-state index in [1.807, 2.05) is 12.1 Å². The van der Waals surface area contributed by atoms with Crippen molar-refractivity contribution >= 4 is 5.69 Å². The van der Waals surface area contributed by atoms with Crippen LogP contribution in [0.1, 0.15) is 16.7 Å². The number of ether oxygens (including phenoxy) is 3. The van der Waals surface area contributed by atoms with E-state index in [0.717, 1.165) is 49.8 Å². The molecule has 27 heavy (non-hydrogen) atoms. The maximum Gasteiger partial charge on any atom is 0.164 e. The summed E-state index contributed by atoms with van der Waals surface area (Å²) in [5.74, 6) is 2.31. The average Bonchev–Trinajstić information content (AvgIpc) is 2.70. The predicted octanol–water partition coefficient (Wildman–Crippen LogP) is 2.23. The van der Waals surface area contributed by atoms with Gasteiger partial charge in [0.2, 0.25) is 0 Å². The molecule has 0 unspecified atom stereocenters. The number of nitrogens with zero attached hydrogens (tertiary/aromatic N) is 1. The van der Waals surface area contributed by atoms with Crippen molar-refractivity contribution in [2.24, 2.45) is 0 Å². The Morgan fingerprint density at radius 3 is 2.11 bits per heavy atom. The van der Waals surface area contributed by atoms with E-state index >= 15 is 0 Å². The summed E-state index contributed by atoms with van der Waals surface area (Å²) in [5.41, 5.74) is 5.20. The summed E-state index contributed by atoms with van der Waals surface area (Å²) in [6, 6.07) is 10.7. The van der Waals surface area contributed by atoms with Crippen molar-refractivity contribution in [1.82, 2.24) is 0 Å². The van der Waals surface area contributed by atoms with Crippen LogP contribution in [0.25, 0.3) is 0 Å². The lowest BCUT2D eigenvalue weighted by atomic mass is 10.1. The smallest absolute Gasteiger partial charge is 0.164 e. The highest BCUT2D eigenvalue weighted by atomic mass is 16.5. The van der Waals surface area contributed by atoms with E-state index in [1.165, 1.54) is 16.8 Å². The summed E-state index contributed by atoms with van der Waals surface area (Å²) < 4.78 is 16.4. The van der Waals surface area contributed by atoms with Crippen LogP contribution in [0.3, 0.4) is 0 Å². The van der Waals surface area contributed by atoms with Gasteiger partial charge in [0.05, 0.1) is 53.1 Å². The van der Waals surface area contributed by atoms with Crippen LogP contribution < -0.4 is 24.0 Å². The first-order valence-electron chi connectivity index (χ1n) is 9.50. The number of quaternary nitrogens is 1.